The van der Waals surface area contributed by atoms with Crippen molar-refractivity contribution in [2.75, 3.05) is 5.73 Å². The number of anilines is 1. The molecule has 0 amide bonds. The highest BCUT2D eigenvalue weighted by Crippen LogP contribution is 2.31. The van der Waals surface area contributed by atoms with Gasteiger partial charge in [0.15, 0.2) is 11.5 Å². The second kappa shape index (κ2) is 6.06. The molecule has 4 rings (SSSR count). The number of fused-ring (bicyclic) bond motifs is 1. The Morgan fingerprint density at radius 2 is 1.64 bits per heavy atom. The fourth-order valence-corrected chi connectivity index (χ4v) is 2.78. The summed E-state index contributed by atoms with van der Waals surface area (Å²) >= 11 is 0. The standard InChI is InChI=1S/C21H14N4/c1-2-17-21(22)25-19(14-7-4-3-5-8-14)20(24-17)16-10-11-18-15(13-16)9-6-12-23-18/h1,3-13H,(H2,22,25). The number of hydrogen-bond acceptors (Lipinski definition) is 4. The number of terminal acetylenes is 1. The second-order valence-corrected chi connectivity index (χ2v) is 5.58. The van der Waals surface area contributed by atoms with E-state index >= 15 is 0 Å². The van der Waals surface area contributed by atoms with Crippen LogP contribution in [0.3, 0.4) is 0 Å². The monoisotopic (exact) mass is 322 g/mol. The van der Waals surface area contributed by atoms with Gasteiger partial charge in [0.25, 0.3) is 0 Å². The van der Waals surface area contributed by atoms with Gasteiger partial charge in [0.2, 0.25) is 0 Å². The van der Waals surface area contributed by atoms with Gasteiger partial charge in [-0.3, -0.25) is 4.98 Å². The van der Waals surface area contributed by atoms with E-state index in [1.165, 1.54) is 0 Å². The molecule has 4 aromatic rings. The SMILES string of the molecule is C#Cc1nc(-c2ccc3ncccc3c2)c(-c2ccccc2)nc1N. The fraction of sp³-hybridized carbons (Fsp3) is 0. The van der Waals surface area contributed by atoms with Crippen LogP contribution in [0.1, 0.15) is 5.69 Å². The van der Waals surface area contributed by atoms with E-state index in [4.69, 9.17) is 12.2 Å². The van der Waals surface area contributed by atoms with Crippen LogP contribution in [0.25, 0.3) is 33.4 Å². The van der Waals surface area contributed by atoms with Crippen LogP contribution in [0.2, 0.25) is 0 Å². The van der Waals surface area contributed by atoms with Gasteiger partial charge < -0.3 is 5.73 Å². The lowest BCUT2D eigenvalue weighted by Crippen LogP contribution is -2.03. The van der Waals surface area contributed by atoms with Crippen LogP contribution < -0.4 is 5.73 Å². The Balaban J connectivity index is 2.00. The fourth-order valence-electron chi connectivity index (χ4n) is 2.78. The number of nitrogens with zero attached hydrogens (tertiary/aromatic N) is 3. The van der Waals surface area contributed by atoms with Crippen LogP contribution in [-0.4, -0.2) is 15.0 Å². The minimum absolute atomic E-state index is 0.257. The number of aromatic nitrogens is 3. The van der Waals surface area contributed by atoms with Crippen molar-refractivity contribution in [1.29, 1.82) is 0 Å². The minimum atomic E-state index is 0.257. The largest absolute Gasteiger partial charge is 0.381 e. The summed E-state index contributed by atoms with van der Waals surface area (Å²) in [6.45, 7) is 0. The van der Waals surface area contributed by atoms with Crippen molar-refractivity contribution >= 4 is 16.7 Å². The highest BCUT2D eigenvalue weighted by molar-refractivity contribution is 5.87. The van der Waals surface area contributed by atoms with Gasteiger partial charge in [0.1, 0.15) is 0 Å². The van der Waals surface area contributed by atoms with Crippen molar-refractivity contribution in [2.45, 2.75) is 0 Å². The molecule has 2 N–H and O–H groups in total. The third-order valence-corrected chi connectivity index (χ3v) is 3.98. The lowest BCUT2D eigenvalue weighted by atomic mass is 10.0. The smallest absolute Gasteiger partial charge is 0.158 e. The first kappa shape index (κ1) is 14.9. The van der Waals surface area contributed by atoms with E-state index < -0.39 is 0 Å². The Kier molecular flexibility index (Phi) is 3.60. The number of nitrogens with two attached hydrogens (primary N) is 1. The first-order valence-corrected chi connectivity index (χ1v) is 7.81. The van der Waals surface area contributed by atoms with Gasteiger partial charge in [-0.1, -0.05) is 42.5 Å². The van der Waals surface area contributed by atoms with E-state index in [1.807, 2.05) is 60.7 Å². The van der Waals surface area contributed by atoms with E-state index in [1.54, 1.807) is 6.20 Å². The number of hydrogen-bond donors (Lipinski definition) is 1. The van der Waals surface area contributed by atoms with Gasteiger partial charge in [0.05, 0.1) is 16.9 Å². The van der Waals surface area contributed by atoms with Crippen molar-refractivity contribution in [3.05, 3.63) is 72.6 Å². The molecule has 0 radical (unpaired) electrons. The van der Waals surface area contributed by atoms with E-state index in [0.717, 1.165) is 22.0 Å². The Labute approximate surface area is 145 Å². The molecule has 0 aliphatic carbocycles. The molecule has 2 aromatic carbocycles. The number of benzene rings is 2. The highest BCUT2D eigenvalue weighted by atomic mass is 14.9. The van der Waals surface area contributed by atoms with Crippen LogP contribution in [-0.2, 0) is 0 Å². The Morgan fingerprint density at radius 3 is 2.44 bits per heavy atom. The zero-order valence-electron chi connectivity index (χ0n) is 13.3. The molecule has 0 fully saturated rings. The maximum atomic E-state index is 5.98. The molecule has 0 aliphatic heterocycles. The topological polar surface area (TPSA) is 64.7 Å². The Hall–Kier alpha value is -3.71. The van der Waals surface area contributed by atoms with Gasteiger partial charge in [-0.05, 0) is 24.1 Å². The molecule has 0 spiro atoms. The first-order valence-electron chi connectivity index (χ1n) is 7.81. The third kappa shape index (κ3) is 2.68. The molecule has 0 bridgehead atoms. The summed E-state index contributed by atoms with van der Waals surface area (Å²) in [6, 6.07) is 19.7. The zero-order chi connectivity index (χ0) is 17.2. The van der Waals surface area contributed by atoms with Gasteiger partial charge in [0, 0.05) is 22.7 Å². The lowest BCUT2D eigenvalue weighted by molar-refractivity contribution is 1.19. The minimum Gasteiger partial charge on any atom is -0.381 e. The van der Waals surface area contributed by atoms with Gasteiger partial charge in [-0.15, -0.1) is 6.42 Å². The summed E-state index contributed by atoms with van der Waals surface area (Å²) in [6.07, 6.45) is 7.31. The maximum absolute atomic E-state index is 5.98. The highest BCUT2D eigenvalue weighted by Gasteiger charge is 2.15. The van der Waals surface area contributed by atoms with Crippen LogP contribution in [0.15, 0.2) is 66.9 Å². The van der Waals surface area contributed by atoms with Gasteiger partial charge in [-0.2, -0.15) is 0 Å². The third-order valence-electron chi connectivity index (χ3n) is 3.98. The number of pyridine rings is 1. The molecule has 2 aromatic heterocycles. The van der Waals surface area contributed by atoms with Crippen molar-refractivity contribution in [3.8, 4) is 34.9 Å². The van der Waals surface area contributed by atoms with Crippen molar-refractivity contribution in [2.24, 2.45) is 0 Å². The van der Waals surface area contributed by atoms with Gasteiger partial charge >= 0.3 is 0 Å². The molecule has 0 saturated carbocycles. The van der Waals surface area contributed by atoms with Crippen molar-refractivity contribution in [1.82, 2.24) is 15.0 Å². The van der Waals surface area contributed by atoms with E-state index in [9.17, 15) is 0 Å². The average Bonchev–Trinajstić information content (AvgIpc) is 2.68. The normalized spacial score (nSPS) is 10.5. The van der Waals surface area contributed by atoms with Gasteiger partial charge in [-0.25, -0.2) is 9.97 Å². The van der Waals surface area contributed by atoms with Crippen LogP contribution >= 0.6 is 0 Å². The van der Waals surface area contributed by atoms with E-state index in [0.29, 0.717) is 17.1 Å². The average molecular weight is 322 g/mol. The molecule has 118 valence electrons. The Morgan fingerprint density at radius 1 is 0.840 bits per heavy atom. The molecule has 0 saturated heterocycles. The predicted molar refractivity (Wildman–Crippen MR) is 101 cm³/mol. The molecule has 0 unspecified atom stereocenters. The van der Waals surface area contributed by atoms with Crippen LogP contribution in [0.4, 0.5) is 5.82 Å². The van der Waals surface area contributed by atoms with Crippen LogP contribution in [0, 0.1) is 12.3 Å². The molecule has 4 nitrogen and oxygen atoms in total. The summed E-state index contributed by atoms with van der Waals surface area (Å²) in [5, 5.41) is 1.03. The molecule has 0 atom stereocenters. The zero-order valence-corrected chi connectivity index (χ0v) is 13.3. The lowest BCUT2D eigenvalue weighted by Gasteiger charge is -2.11. The summed E-state index contributed by atoms with van der Waals surface area (Å²) in [5.74, 6) is 2.77. The molecule has 4 heteroatoms. The van der Waals surface area contributed by atoms with E-state index in [2.05, 4.69) is 20.9 Å². The summed E-state index contributed by atoms with van der Waals surface area (Å²) in [4.78, 5) is 13.5. The molecular weight excluding hydrogens is 308 g/mol. The Bertz CT molecular complexity index is 1110. The summed E-state index contributed by atoms with van der Waals surface area (Å²) in [5.41, 5.74) is 10.5. The molecule has 0 aliphatic rings. The van der Waals surface area contributed by atoms with Crippen LogP contribution in [0.5, 0.6) is 0 Å². The molecule has 25 heavy (non-hydrogen) atoms. The van der Waals surface area contributed by atoms with Crippen molar-refractivity contribution in [3.63, 3.8) is 0 Å². The quantitative estimate of drug-likeness (QED) is 0.568. The van der Waals surface area contributed by atoms with E-state index in [-0.39, 0.29) is 5.82 Å². The molecule has 2 heterocycles. The number of rotatable bonds is 2. The predicted octanol–water partition coefficient (Wildman–Crippen LogP) is 3.92. The summed E-state index contributed by atoms with van der Waals surface area (Å²) in [7, 11) is 0. The maximum Gasteiger partial charge on any atom is 0.158 e. The number of nitrogen functional groups attached to an aromatic ring is 1. The second-order valence-electron chi connectivity index (χ2n) is 5.58. The van der Waals surface area contributed by atoms with Crippen molar-refractivity contribution < 1.29 is 0 Å². The first-order chi connectivity index (χ1) is 12.3. The summed E-state index contributed by atoms with van der Waals surface area (Å²) < 4.78 is 0. The molecular formula is C21H14N4.